The van der Waals surface area contributed by atoms with E-state index in [-0.39, 0.29) is 18.0 Å². The number of nitrogens with one attached hydrogen (secondary N) is 1. The van der Waals surface area contributed by atoms with Gasteiger partial charge >= 0.3 is 5.97 Å². The number of carboxylic acid groups (broad SMARTS) is 1. The van der Waals surface area contributed by atoms with Crippen LogP contribution in [0.3, 0.4) is 0 Å². The first-order chi connectivity index (χ1) is 17.0. The zero-order chi connectivity index (χ0) is 24.8. The van der Waals surface area contributed by atoms with Crippen molar-refractivity contribution in [2.45, 2.75) is 38.5 Å². The molecule has 1 saturated heterocycles. The van der Waals surface area contributed by atoms with Gasteiger partial charge in [-0.05, 0) is 35.8 Å². The molecule has 2 aliphatic rings. The molecule has 0 saturated carbocycles. The molecule has 0 radical (unpaired) electrons. The standard InChI is InChI=1S/C27H32N2O6/c1-18(30)29-15-21-14-23(26(27(31)32)24(16-29)28-21)19-8-10-22(11-9-19)35-13-5-12-34-17-20-6-3-4-7-25(20)33-2/h3-4,6-11,21,24,28H,5,12-17H2,1-2H3,(H,31,32)/t21-,24-/m1/s1. The number of nitrogens with zero attached hydrogens (tertiary/aromatic N) is 1. The highest BCUT2D eigenvalue weighted by Crippen LogP contribution is 2.34. The number of hydrogen-bond donors (Lipinski definition) is 2. The summed E-state index contributed by atoms with van der Waals surface area (Å²) in [7, 11) is 1.65. The number of amides is 1. The van der Waals surface area contributed by atoms with Crippen LogP contribution in [0.15, 0.2) is 54.1 Å². The molecular weight excluding hydrogens is 448 g/mol. The summed E-state index contributed by atoms with van der Waals surface area (Å²) in [5.74, 6) is 0.572. The van der Waals surface area contributed by atoms with Crippen LogP contribution < -0.4 is 14.8 Å². The van der Waals surface area contributed by atoms with E-state index in [9.17, 15) is 14.7 Å². The minimum Gasteiger partial charge on any atom is -0.496 e. The number of carboxylic acids is 1. The molecule has 2 heterocycles. The lowest BCUT2D eigenvalue weighted by Gasteiger charge is -2.43. The fraction of sp³-hybridized carbons (Fsp3) is 0.407. The minimum atomic E-state index is -0.949. The van der Waals surface area contributed by atoms with Crippen LogP contribution in [0.2, 0.25) is 0 Å². The molecule has 0 spiro atoms. The zero-order valence-electron chi connectivity index (χ0n) is 20.2. The maximum atomic E-state index is 12.1. The molecule has 35 heavy (non-hydrogen) atoms. The number of benzene rings is 2. The van der Waals surface area contributed by atoms with Crippen LogP contribution in [-0.4, -0.2) is 67.4 Å². The van der Waals surface area contributed by atoms with Gasteiger partial charge in [0.05, 0.1) is 38.5 Å². The number of fused-ring (bicyclic) bond motifs is 2. The van der Waals surface area contributed by atoms with Crippen molar-refractivity contribution in [1.82, 2.24) is 10.2 Å². The summed E-state index contributed by atoms with van der Waals surface area (Å²) in [5, 5.41) is 13.3. The maximum absolute atomic E-state index is 12.1. The molecule has 0 aliphatic carbocycles. The molecule has 2 atom stereocenters. The summed E-state index contributed by atoms with van der Waals surface area (Å²) < 4.78 is 16.9. The quantitative estimate of drug-likeness (QED) is 0.505. The summed E-state index contributed by atoms with van der Waals surface area (Å²) in [5.41, 5.74) is 3.05. The van der Waals surface area contributed by atoms with Crippen molar-refractivity contribution in [2.24, 2.45) is 0 Å². The third kappa shape index (κ3) is 6.01. The van der Waals surface area contributed by atoms with Crippen molar-refractivity contribution in [3.05, 3.63) is 65.2 Å². The van der Waals surface area contributed by atoms with Gasteiger partial charge in [0, 0.05) is 38.0 Å². The number of aliphatic carboxylic acids is 1. The van der Waals surface area contributed by atoms with E-state index >= 15 is 0 Å². The van der Waals surface area contributed by atoms with Crippen molar-refractivity contribution in [1.29, 1.82) is 0 Å². The predicted octanol–water partition coefficient (Wildman–Crippen LogP) is 3.11. The fourth-order valence-corrected chi connectivity index (χ4v) is 4.73. The summed E-state index contributed by atoms with van der Waals surface area (Å²) in [4.78, 5) is 25.7. The monoisotopic (exact) mass is 480 g/mol. The first-order valence-electron chi connectivity index (χ1n) is 11.9. The highest BCUT2D eigenvalue weighted by Gasteiger charge is 2.39. The minimum absolute atomic E-state index is 0.0265. The third-order valence-electron chi connectivity index (χ3n) is 6.44. The Bertz CT molecular complexity index is 1080. The summed E-state index contributed by atoms with van der Waals surface area (Å²) in [6.45, 7) is 4.05. The van der Waals surface area contributed by atoms with E-state index in [2.05, 4.69) is 5.32 Å². The second-order valence-electron chi connectivity index (χ2n) is 8.83. The number of rotatable bonds is 10. The van der Waals surface area contributed by atoms with E-state index in [1.807, 2.05) is 48.5 Å². The highest BCUT2D eigenvalue weighted by molar-refractivity contribution is 5.98. The number of para-hydroxylation sites is 1. The van der Waals surface area contributed by atoms with Crippen LogP contribution in [0.25, 0.3) is 5.57 Å². The summed E-state index contributed by atoms with van der Waals surface area (Å²) in [6.07, 6.45) is 1.30. The van der Waals surface area contributed by atoms with Gasteiger partial charge < -0.3 is 29.5 Å². The largest absolute Gasteiger partial charge is 0.496 e. The Morgan fingerprint density at radius 2 is 1.86 bits per heavy atom. The van der Waals surface area contributed by atoms with Gasteiger partial charge in [0.1, 0.15) is 11.5 Å². The van der Waals surface area contributed by atoms with Crippen LogP contribution in [0.5, 0.6) is 11.5 Å². The van der Waals surface area contributed by atoms with Gasteiger partial charge in [-0.25, -0.2) is 4.79 Å². The molecule has 2 N–H and O–H groups in total. The van der Waals surface area contributed by atoms with E-state index in [1.54, 1.807) is 12.0 Å². The lowest BCUT2D eigenvalue weighted by molar-refractivity contribution is -0.135. The number of carbonyl (C=O) groups is 2. The van der Waals surface area contributed by atoms with Gasteiger partial charge in [0.15, 0.2) is 0 Å². The van der Waals surface area contributed by atoms with Crippen LogP contribution in [0, 0.1) is 0 Å². The molecule has 2 aromatic carbocycles. The maximum Gasteiger partial charge on any atom is 0.333 e. The number of methoxy groups -OCH3 is 1. The van der Waals surface area contributed by atoms with E-state index in [0.717, 1.165) is 34.6 Å². The van der Waals surface area contributed by atoms with Crippen LogP contribution >= 0.6 is 0 Å². The van der Waals surface area contributed by atoms with Crippen molar-refractivity contribution >= 4 is 17.4 Å². The first kappa shape index (κ1) is 24.8. The van der Waals surface area contributed by atoms with Crippen LogP contribution in [0.4, 0.5) is 0 Å². The lowest BCUT2D eigenvalue weighted by Crippen LogP contribution is -2.61. The first-order valence-corrected chi connectivity index (χ1v) is 11.9. The lowest BCUT2D eigenvalue weighted by atomic mass is 9.83. The van der Waals surface area contributed by atoms with Crippen molar-refractivity contribution in [2.75, 3.05) is 33.4 Å². The number of carbonyl (C=O) groups excluding carboxylic acids is 1. The van der Waals surface area contributed by atoms with Gasteiger partial charge in [-0.1, -0.05) is 30.3 Å². The molecule has 2 aromatic rings. The average Bonchev–Trinajstić information content (AvgIpc) is 2.85. The van der Waals surface area contributed by atoms with Crippen molar-refractivity contribution < 1.29 is 28.9 Å². The Hall–Kier alpha value is -3.36. The van der Waals surface area contributed by atoms with Crippen molar-refractivity contribution in [3.63, 3.8) is 0 Å². The van der Waals surface area contributed by atoms with Crippen LogP contribution in [0.1, 0.15) is 30.9 Å². The molecule has 0 unspecified atom stereocenters. The molecule has 2 aliphatic heterocycles. The van der Waals surface area contributed by atoms with Gasteiger partial charge in [0.2, 0.25) is 5.91 Å². The Balaban J connectivity index is 1.31. The second kappa shape index (κ2) is 11.4. The Morgan fingerprint density at radius 1 is 1.09 bits per heavy atom. The SMILES string of the molecule is COc1ccccc1COCCCOc1ccc(C2=C(C(=O)O)[C@H]3CN(C(C)=O)C[C@@H](C2)N3)cc1. The van der Waals surface area contributed by atoms with Crippen LogP contribution in [-0.2, 0) is 20.9 Å². The molecule has 1 fully saturated rings. The highest BCUT2D eigenvalue weighted by atomic mass is 16.5. The predicted molar refractivity (Wildman–Crippen MR) is 131 cm³/mol. The smallest absolute Gasteiger partial charge is 0.333 e. The fourth-order valence-electron chi connectivity index (χ4n) is 4.73. The molecule has 186 valence electrons. The van der Waals surface area contributed by atoms with Gasteiger partial charge in [-0.3, -0.25) is 4.79 Å². The topological polar surface area (TPSA) is 97.3 Å². The average molecular weight is 481 g/mol. The van der Waals surface area contributed by atoms with Gasteiger partial charge in [-0.2, -0.15) is 0 Å². The van der Waals surface area contributed by atoms with E-state index in [4.69, 9.17) is 14.2 Å². The van der Waals surface area contributed by atoms with Gasteiger partial charge in [-0.15, -0.1) is 0 Å². The Labute approximate surface area is 205 Å². The van der Waals surface area contributed by atoms with Gasteiger partial charge in [0.25, 0.3) is 0 Å². The van der Waals surface area contributed by atoms with Crippen molar-refractivity contribution in [3.8, 4) is 11.5 Å². The summed E-state index contributed by atoms with van der Waals surface area (Å²) in [6, 6.07) is 15.0. The second-order valence-corrected chi connectivity index (χ2v) is 8.83. The van der Waals surface area contributed by atoms with E-state index in [0.29, 0.717) is 44.9 Å². The zero-order valence-corrected chi connectivity index (χ0v) is 20.2. The molecule has 0 aromatic heterocycles. The molecule has 2 bridgehead atoms. The molecule has 1 amide bonds. The van der Waals surface area contributed by atoms with E-state index < -0.39 is 5.97 Å². The normalized spacial score (nSPS) is 19.4. The number of hydrogen-bond acceptors (Lipinski definition) is 6. The number of piperazine rings is 1. The molecule has 4 rings (SSSR count). The molecule has 8 nitrogen and oxygen atoms in total. The third-order valence-corrected chi connectivity index (χ3v) is 6.44. The Morgan fingerprint density at radius 3 is 2.57 bits per heavy atom. The molecular formula is C27H32N2O6. The number of ether oxygens (including phenoxy) is 3. The summed E-state index contributed by atoms with van der Waals surface area (Å²) >= 11 is 0. The Kier molecular flexibility index (Phi) is 8.05. The van der Waals surface area contributed by atoms with E-state index in [1.165, 1.54) is 6.92 Å². The molecule has 8 heteroatoms.